The van der Waals surface area contributed by atoms with Crippen molar-refractivity contribution in [1.82, 2.24) is 9.78 Å². The molecule has 1 heterocycles. The Kier molecular flexibility index (Phi) is 4.12. The van der Waals surface area contributed by atoms with Crippen LogP contribution < -0.4 is 5.32 Å². The molecule has 2 saturated carbocycles. The smallest absolute Gasteiger partial charge is 0.228 e. The van der Waals surface area contributed by atoms with Crippen molar-refractivity contribution in [3.63, 3.8) is 0 Å². The molecular weight excluding hydrogens is 370 g/mol. The number of anilines is 1. The normalized spacial score (nSPS) is 17.5. The average molecular weight is 396 g/mol. The Morgan fingerprint density at radius 1 is 1.00 bits per heavy atom. The van der Waals surface area contributed by atoms with E-state index in [4.69, 9.17) is 5.10 Å². The van der Waals surface area contributed by atoms with Crippen LogP contribution in [0.2, 0.25) is 0 Å². The van der Waals surface area contributed by atoms with E-state index in [1.807, 2.05) is 18.2 Å². The van der Waals surface area contributed by atoms with Gasteiger partial charge in [-0.1, -0.05) is 30.3 Å². The molecule has 2 aromatic carbocycles. The van der Waals surface area contributed by atoms with Gasteiger partial charge in [-0.15, -0.1) is 0 Å². The van der Waals surface area contributed by atoms with Crippen LogP contribution in [-0.2, 0) is 11.2 Å². The lowest BCUT2D eigenvalue weighted by Gasteiger charge is -2.10. The van der Waals surface area contributed by atoms with Gasteiger partial charge >= 0.3 is 0 Å². The number of carbonyl (C=O) groups excluding carboxylic acids is 1. The molecule has 1 amide bonds. The van der Waals surface area contributed by atoms with E-state index in [0.717, 1.165) is 23.4 Å². The van der Waals surface area contributed by atoms with Gasteiger partial charge in [-0.2, -0.15) is 5.10 Å². The highest BCUT2D eigenvalue weighted by molar-refractivity contribution is 5.98. The Balaban J connectivity index is 1.16. The van der Waals surface area contributed by atoms with Gasteiger partial charge in [-0.3, -0.25) is 4.79 Å². The summed E-state index contributed by atoms with van der Waals surface area (Å²) < 4.78 is 2.12. The molecule has 1 aromatic heterocycles. The molecule has 0 unspecified atom stereocenters. The second-order valence-corrected chi connectivity index (χ2v) is 8.82. The number of nitrogens with one attached hydrogen (secondary N) is 1. The van der Waals surface area contributed by atoms with E-state index in [-0.39, 0.29) is 5.91 Å². The van der Waals surface area contributed by atoms with Crippen LogP contribution in [0.25, 0.3) is 11.3 Å². The third kappa shape index (κ3) is 3.36. The maximum absolute atomic E-state index is 12.6. The van der Waals surface area contributed by atoms with Gasteiger partial charge in [-0.25, -0.2) is 4.68 Å². The molecule has 0 bridgehead atoms. The second-order valence-electron chi connectivity index (χ2n) is 8.82. The van der Waals surface area contributed by atoms with Crippen LogP contribution in [0.5, 0.6) is 0 Å². The van der Waals surface area contributed by atoms with Gasteiger partial charge in [0, 0.05) is 23.2 Å². The fourth-order valence-corrected chi connectivity index (χ4v) is 4.46. The number of amides is 1. The van der Waals surface area contributed by atoms with Gasteiger partial charge in [0.1, 0.15) is 0 Å². The first-order chi connectivity index (χ1) is 14.7. The molecule has 0 aliphatic heterocycles. The number of fused-ring (bicyclic) bond motifs is 1. The number of benzene rings is 2. The summed E-state index contributed by atoms with van der Waals surface area (Å²) in [6, 6.07) is 18.7. The first-order valence-electron chi connectivity index (χ1n) is 11.0. The minimum atomic E-state index is 0.0273. The molecule has 0 saturated heterocycles. The number of aromatic nitrogens is 2. The van der Waals surface area contributed by atoms with Gasteiger partial charge in [0.25, 0.3) is 0 Å². The zero-order valence-corrected chi connectivity index (χ0v) is 17.0. The Hall–Kier alpha value is -3.14. The lowest BCUT2D eigenvalue weighted by molar-refractivity contribution is -0.115. The Bertz CT molecular complexity index is 1150. The van der Waals surface area contributed by atoms with E-state index < -0.39 is 0 Å². The summed E-state index contributed by atoms with van der Waals surface area (Å²) in [7, 11) is 0. The minimum absolute atomic E-state index is 0.0273. The van der Waals surface area contributed by atoms with E-state index in [1.54, 1.807) is 0 Å². The van der Waals surface area contributed by atoms with Crippen LogP contribution in [0, 0.1) is 0 Å². The first kappa shape index (κ1) is 17.7. The van der Waals surface area contributed by atoms with E-state index >= 15 is 0 Å². The highest BCUT2D eigenvalue weighted by atomic mass is 16.1. The maximum atomic E-state index is 12.6. The number of rotatable bonds is 6. The van der Waals surface area contributed by atoms with Crippen molar-refractivity contribution < 1.29 is 4.79 Å². The lowest BCUT2D eigenvalue weighted by atomic mass is 10.0. The molecule has 4 nitrogen and oxygen atoms in total. The molecule has 3 aliphatic rings. The Morgan fingerprint density at radius 2 is 1.77 bits per heavy atom. The maximum Gasteiger partial charge on any atom is 0.228 e. The van der Waals surface area contributed by atoms with Crippen molar-refractivity contribution in [2.24, 2.45) is 0 Å². The number of hydrogen-bond acceptors (Lipinski definition) is 2. The van der Waals surface area contributed by atoms with Crippen molar-refractivity contribution in [3.8, 4) is 5.69 Å². The lowest BCUT2D eigenvalue weighted by Crippen LogP contribution is -2.12. The van der Waals surface area contributed by atoms with Crippen LogP contribution >= 0.6 is 0 Å². The zero-order chi connectivity index (χ0) is 20.1. The highest BCUT2D eigenvalue weighted by Gasteiger charge is 2.32. The van der Waals surface area contributed by atoms with E-state index in [9.17, 15) is 4.79 Å². The second kappa shape index (κ2) is 6.98. The van der Waals surface area contributed by atoms with Crippen molar-refractivity contribution in [2.75, 3.05) is 5.32 Å². The van der Waals surface area contributed by atoms with Crippen LogP contribution in [0.4, 0.5) is 5.69 Å². The molecule has 0 atom stereocenters. The quantitative estimate of drug-likeness (QED) is 0.591. The summed E-state index contributed by atoms with van der Waals surface area (Å²) >= 11 is 0. The average Bonchev–Trinajstić information content (AvgIpc) is 3.70. The van der Waals surface area contributed by atoms with Crippen LogP contribution in [0.3, 0.4) is 0 Å². The van der Waals surface area contributed by atoms with Gasteiger partial charge in [0.15, 0.2) is 0 Å². The largest absolute Gasteiger partial charge is 0.326 e. The molecule has 4 heteroatoms. The topological polar surface area (TPSA) is 46.9 Å². The number of hydrogen-bond donors (Lipinski definition) is 1. The SMILES string of the molecule is O=C(CC1=CCc2ccccc21)Nc1ccc(-n2nc(C3CC3)cc2C2CC2)cc1. The summed E-state index contributed by atoms with van der Waals surface area (Å²) in [5, 5.41) is 7.96. The highest BCUT2D eigenvalue weighted by Crippen LogP contribution is 2.45. The van der Waals surface area contributed by atoms with E-state index in [2.05, 4.69) is 52.5 Å². The molecule has 3 aromatic rings. The van der Waals surface area contributed by atoms with Crippen LogP contribution in [0.15, 0.2) is 60.7 Å². The summed E-state index contributed by atoms with van der Waals surface area (Å²) in [5.41, 5.74) is 8.15. The van der Waals surface area contributed by atoms with Gasteiger partial charge in [0.2, 0.25) is 5.91 Å². The molecule has 3 aliphatic carbocycles. The predicted octanol–water partition coefficient (Wildman–Crippen LogP) is 5.60. The predicted molar refractivity (Wildman–Crippen MR) is 119 cm³/mol. The van der Waals surface area contributed by atoms with Crippen LogP contribution in [0.1, 0.15) is 66.5 Å². The monoisotopic (exact) mass is 395 g/mol. The molecule has 30 heavy (non-hydrogen) atoms. The molecule has 1 N–H and O–H groups in total. The fourth-order valence-electron chi connectivity index (χ4n) is 4.46. The molecule has 0 spiro atoms. The molecule has 0 radical (unpaired) electrons. The Morgan fingerprint density at radius 3 is 2.53 bits per heavy atom. The minimum Gasteiger partial charge on any atom is -0.326 e. The summed E-state index contributed by atoms with van der Waals surface area (Å²) in [6.45, 7) is 0. The standard InChI is InChI=1S/C26H25N3O/c30-26(15-20-10-5-17-3-1-2-4-23(17)20)27-21-11-13-22(14-12-21)29-25(19-8-9-19)16-24(28-29)18-6-7-18/h1-4,10-14,16,18-19H,5-9,15H2,(H,27,30). The van der Waals surface area contributed by atoms with Crippen molar-refractivity contribution >= 4 is 17.2 Å². The van der Waals surface area contributed by atoms with Crippen LogP contribution in [-0.4, -0.2) is 15.7 Å². The van der Waals surface area contributed by atoms with Crippen molar-refractivity contribution in [2.45, 2.75) is 50.4 Å². The van der Waals surface area contributed by atoms with Gasteiger partial charge in [-0.05, 0) is 79.1 Å². The first-order valence-corrected chi connectivity index (χ1v) is 11.0. The van der Waals surface area contributed by atoms with Crippen molar-refractivity contribution in [1.29, 1.82) is 0 Å². The molecule has 150 valence electrons. The number of carbonyl (C=O) groups is 1. The third-order valence-electron chi connectivity index (χ3n) is 6.43. The van der Waals surface area contributed by atoms with Gasteiger partial charge < -0.3 is 5.32 Å². The van der Waals surface area contributed by atoms with Crippen molar-refractivity contribution in [3.05, 3.63) is 83.2 Å². The molecular formula is C26H25N3O. The molecule has 6 rings (SSSR count). The molecule has 2 fully saturated rings. The fraction of sp³-hybridized carbons (Fsp3) is 0.308. The summed E-state index contributed by atoms with van der Waals surface area (Å²) in [4.78, 5) is 12.6. The van der Waals surface area contributed by atoms with Gasteiger partial charge in [0.05, 0.1) is 17.8 Å². The zero-order valence-electron chi connectivity index (χ0n) is 17.0. The number of nitrogens with zero attached hydrogens (tertiary/aromatic N) is 2. The summed E-state index contributed by atoms with van der Waals surface area (Å²) in [5.74, 6) is 1.35. The third-order valence-corrected chi connectivity index (χ3v) is 6.43. The van der Waals surface area contributed by atoms with E-state index in [0.29, 0.717) is 18.3 Å². The number of allylic oxidation sites excluding steroid dienone is 1. The van der Waals surface area contributed by atoms with E-state index in [1.165, 1.54) is 48.2 Å². The Labute approximate surface area is 176 Å². The summed E-state index contributed by atoms with van der Waals surface area (Å²) in [6.07, 6.45) is 8.58.